The third kappa shape index (κ3) is 4.04. The van der Waals surface area contributed by atoms with Crippen LogP contribution in [0.4, 0.5) is 0 Å². The third-order valence-electron chi connectivity index (χ3n) is 3.41. The summed E-state index contributed by atoms with van der Waals surface area (Å²) in [6, 6.07) is 6.44. The van der Waals surface area contributed by atoms with Gasteiger partial charge in [-0.1, -0.05) is 13.0 Å². The van der Waals surface area contributed by atoms with Gasteiger partial charge in [0, 0.05) is 0 Å². The number of H-pyrrole nitrogens is 1. The Morgan fingerprint density at radius 2 is 2.26 bits per heavy atom. The molecule has 1 heterocycles. The van der Waals surface area contributed by atoms with Crippen LogP contribution in [0.2, 0.25) is 0 Å². The first-order valence-corrected chi connectivity index (χ1v) is 7.05. The predicted octanol–water partition coefficient (Wildman–Crippen LogP) is 1.99. The molecule has 104 valence electrons. The highest BCUT2D eigenvalue weighted by molar-refractivity contribution is 5.75. The Morgan fingerprint density at radius 3 is 3.05 bits per heavy atom. The van der Waals surface area contributed by atoms with Crippen molar-refractivity contribution in [3.8, 4) is 0 Å². The van der Waals surface area contributed by atoms with E-state index in [1.807, 2.05) is 6.92 Å². The molecule has 2 aromatic rings. The van der Waals surface area contributed by atoms with Crippen LogP contribution in [0.3, 0.4) is 0 Å². The molecule has 1 aromatic carbocycles. The summed E-state index contributed by atoms with van der Waals surface area (Å²) < 4.78 is 0. The summed E-state index contributed by atoms with van der Waals surface area (Å²) in [5.41, 5.74) is 9.06. The molecule has 0 aliphatic rings. The fourth-order valence-electron chi connectivity index (χ4n) is 2.31. The van der Waals surface area contributed by atoms with E-state index in [2.05, 4.69) is 40.4 Å². The number of benzene rings is 1. The second kappa shape index (κ2) is 6.68. The van der Waals surface area contributed by atoms with Crippen LogP contribution >= 0.6 is 0 Å². The van der Waals surface area contributed by atoms with Crippen LogP contribution in [0.15, 0.2) is 18.2 Å². The van der Waals surface area contributed by atoms with Gasteiger partial charge in [-0.05, 0) is 63.0 Å². The zero-order chi connectivity index (χ0) is 13.7. The lowest BCUT2D eigenvalue weighted by Gasteiger charge is -2.11. The third-order valence-corrected chi connectivity index (χ3v) is 3.41. The Balaban J connectivity index is 1.81. The van der Waals surface area contributed by atoms with Crippen molar-refractivity contribution < 1.29 is 0 Å². The van der Waals surface area contributed by atoms with E-state index < -0.39 is 0 Å². The molecule has 0 saturated carbocycles. The van der Waals surface area contributed by atoms with Crippen molar-refractivity contribution in [1.29, 1.82) is 0 Å². The quantitative estimate of drug-likeness (QED) is 0.667. The van der Waals surface area contributed by atoms with E-state index in [1.165, 1.54) is 5.56 Å². The molecular formula is C15H24N4. The molecule has 1 atom stereocenters. The lowest BCUT2D eigenvalue weighted by Crippen LogP contribution is -2.24. The number of rotatable bonds is 7. The molecular weight excluding hydrogens is 236 g/mol. The SMILES string of the molecule is Cc1nc2ccc(CCNCC(C)CCN)cc2[nH]1. The molecule has 0 amide bonds. The lowest BCUT2D eigenvalue weighted by atomic mass is 10.1. The number of hydrogen-bond acceptors (Lipinski definition) is 3. The average Bonchev–Trinajstić information content (AvgIpc) is 2.74. The molecule has 2 rings (SSSR count). The van der Waals surface area contributed by atoms with Crippen molar-refractivity contribution in [2.24, 2.45) is 11.7 Å². The summed E-state index contributed by atoms with van der Waals surface area (Å²) in [4.78, 5) is 7.69. The predicted molar refractivity (Wildman–Crippen MR) is 80.2 cm³/mol. The number of imidazole rings is 1. The molecule has 19 heavy (non-hydrogen) atoms. The van der Waals surface area contributed by atoms with E-state index in [0.717, 1.165) is 49.3 Å². The smallest absolute Gasteiger partial charge is 0.104 e. The van der Waals surface area contributed by atoms with Crippen LogP contribution in [-0.4, -0.2) is 29.6 Å². The molecule has 0 spiro atoms. The Bertz CT molecular complexity index is 518. The molecule has 0 bridgehead atoms. The molecule has 4 nitrogen and oxygen atoms in total. The average molecular weight is 260 g/mol. The van der Waals surface area contributed by atoms with Gasteiger partial charge in [0.25, 0.3) is 0 Å². The van der Waals surface area contributed by atoms with Gasteiger partial charge in [-0.15, -0.1) is 0 Å². The maximum Gasteiger partial charge on any atom is 0.104 e. The Labute approximate surface area is 114 Å². The zero-order valence-electron chi connectivity index (χ0n) is 11.9. The summed E-state index contributed by atoms with van der Waals surface area (Å²) >= 11 is 0. The Hall–Kier alpha value is -1.39. The zero-order valence-corrected chi connectivity index (χ0v) is 11.9. The van der Waals surface area contributed by atoms with E-state index in [0.29, 0.717) is 5.92 Å². The summed E-state index contributed by atoms with van der Waals surface area (Å²) in [6.45, 7) is 7.05. The van der Waals surface area contributed by atoms with Crippen LogP contribution in [-0.2, 0) is 6.42 Å². The molecule has 0 aliphatic heterocycles. The van der Waals surface area contributed by atoms with Crippen LogP contribution in [0.1, 0.15) is 24.7 Å². The van der Waals surface area contributed by atoms with Crippen LogP contribution < -0.4 is 11.1 Å². The number of fused-ring (bicyclic) bond motifs is 1. The van der Waals surface area contributed by atoms with Crippen molar-refractivity contribution in [3.05, 3.63) is 29.6 Å². The molecule has 4 N–H and O–H groups in total. The molecule has 1 aromatic heterocycles. The summed E-state index contributed by atoms with van der Waals surface area (Å²) in [5.74, 6) is 1.63. The van der Waals surface area contributed by atoms with Crippen LogP contribution in [0.5, 0.6) is 0 Å². The fourth-order valence-corrected chi connectivity index (χ4v) is 2.31. The van der Waals surface area contributed by atoms with Gasteiger partial charge in [0.2, 0.25) is 0 Å². The standard InChI is InChI=1S/C15H24N4/c1-11(5-7-16)10-17-8-6-13-3-4-14-15(9-13)19-12(2)18-14/h3-4,9,11,17H,5-8,10,16H2,1-2H3,(H,18,19). The number of aryl methyl sites for hydroxylation is 1. The molecule has 0 radical (unpaired) electrons. The number of nitrogens with one attached hydrogen (secondary N) is 2. The first-order chi connectivity index (χ1) is 9.19. The summed E-state index contributed by atoms with van der Waals surface area (Å²) in [5, 5.41) is 3.49. The molecule has 0 fully saturated rings. The van der Waals surface area contributed by atoms with Gasteiger partial charge in [0.05, 0.1) is 11.0 Å². The monoisotopic (exact) mass is 260 g/mol. The van der Waals surface area contributed by atoms with E-state index in [-0.39, 0.29) is 0 Å². The van der Waals surface area contributed by atoms with Crippen molar-refractivity contribution in [2.75, 3.05) is 19.6 Å². The van der Waals surface area contributed by atoms with Gasteiger partial charge in [0.1, 0.15) is 5.82 Å². The lowest BCUT2D eigenvalue weighted by molar-refractivity contribution is 0.489. The maximum absolute atomic E-state index is 5.54. The first-order valence-electron chi connectivity index (χ1n) is 7.05. The Morgan fingerprint density at radius 1 is 1.42 bits per heavy atom. The number of hydrogen-bond donors (Lipinski definition) is 3. The van der Waals surface area contributed by atoms with Gasteiger partial charge in [-0.2, -0.15) is 0 Å². The van der Waals surface area contributed by atoms with Gasteiger partial charge < -0.3 is 16.0 Å². The first kappa shape index (κ1) is 14.0. The fraction of sp³-hybridized carbons (Fsp3) is 0.533. The molecule has 0 saturated heterocycles. The molecule has 0 aliphatic carbocycles. The van der Waals surface area contributed by atoms with Crippen LogP contribution in [0, 0.1) is 12.8 Å². The highest BCUT2D eigenvalue weighted by Crippen LogP contribution is 2.13. The van der Waals surface area contributed by atoms with Crippen molar-refractivity contribution in [1.82, 2.24) is 15.3 Å². The topological polar surface area (TPSA) is 66.7 Å². The van der Waals surface area contributed by atoms with E-state index in [9.17, 15) is 0 Å². The van der Waals surface area contributed by atoms with E-state index in [4.69, 9.17) is 5.73 Å². The van der Waals surface area contributed by atoms with Crippen molar-refractivity contribution in [2.45, 2.75) is 26.7 Å². The molecule has 4 heteroatoms. The van der Waals surface area contributed by atoms with Crippen LogP contribution in [0.25, 0.3) is 11.0 Å². The Kier molecular flexibility index (Phi) is 4.93. The summed E-state index contributed by atoms with van der Waals surface area (Å²) in [6.07, 6.45) is 2.13. The number of aromatic nitrogens is 2. The van der Waals surface area contributed by atoms with Crippen molar-refractivity contribution >= 4 is 11.0 Å². The minimum Gasteiger partial charge on any atom is -0.342 e. The highest BCUT2D eigenvalue weighted by atomic mass is 14.9. The van der Waals surface area contributed by atoms with Gasteiger partial charge in [-0.25, -0.2) is 4.98 Å². The van der Waals surface area contributed by atoms with Gasteiger partial charge in [0.15, 0.2) is 0 Å². The minimum atomic E-state index is 0.655. The van der Waals surface area contributed by atoms with Crippen molar-refractivity contribution in [3.63, 3.8) is 0 Å². The largest absolute Gasteiger partial charge is 0.342 e. The normalized spacial score (nSPS) is 13.0. The second-order valence-electron chi connectivity index (χ2n) is 5.31. The summed E-state index contributed by atoms with van der Waals surface area (Å²) in [7, 11) is 0. The van der Waals surface area contributed by atoms with E-state index >= 15 is 0 Å². The number of aromatic amines is 1. The molecule has 1 unspecified atom stereocenters. The second-order valence-corrected chi connectivity index (χ2v) is 5.31. The maximum atomic E-state index is 5.54. The minimum absolute atomic E-state index is 0.655. The van der Waals surface area contributed by atoms with Gasteiger partial charge in [-0.3, -0.25) is 0 Å². The van der Waals surface area contributed by atoms with Gasteiger partial charge >= 0.3 is 0 Å². The number of nitrogens with two attached hydrogens (primary N) is 1. The van der Waals surface area contributed by atoms with E-state index in [1.54, 1.807) is 0 Å². The number of nitrogens with zero attached hydrogens (tertiary/aromatic N) is 1. The highest BCUT2D eigenvalue weighted by Gasteiger charge is 2.02.